The Kier molecular flexibility index (Phi) is 5.85. The van der Waals surface area contributed by atoms with Crippen LogP contribution in [0.2, 0.25) is 0 Å². The van der Waals surface area contributed by atoms with Gasteiger partial charge >= 0.3 is 0 Å². The van der Waals surface area contributed by atoms with Crippen molar-refractivity contribution in [3.8, 4) is 10.9 Å². The summed E-state index contributed by atoms with van der Waals surface area (Å²) in [7, 11) is 1.64. The first-order valence-electron chi connectivity index (χ1n) is 6.99. The minimum atomic E-state index is -0.0529. The van der Waals surface area contributed by atoms with E-state index in [0.717, 1.165) is 5.69 Å². The van der Waals surface area contributed by atoms with Crippen LogP contribution in [0.3, 0.4) is 0 Å². The Hall–Kier alpha value is -1.99. The number of anilines is 1. The van der Waals surface area contributed by atoms with E-state index in [1.807, 2.05) is 13.8 Å². The molecule has 0 aliphatic carbocycles. The van der Waals surface area contributed by atoms with Gasteiger partial charge in [-0.2, -0.15) is 9.36 Å². The van der Waals surface area contributed by atoms with Gasteiger partial charge in [-0.3, -0.25) is 4.79 Å². The molecule has 0 unspecified atom stereocenters. The molecule has 0 bridgehead atoms. The molecule has 0 saturated carbocycles. The minimum absolute atomic E-state index is 0.0134. The van der Waals surface area contributed by atoms with Gasteiger partial charge in [0.05, 0.1) is 6.61 Å². The molecule has 0 aliphatic rings. The maximum Gasteiger partial charge on any atom is 0.298 e. The summed E-state index contributed by atoms with van der Waals surface area (Å²) in [4.78, 5) is 15.9. The van der Waals surface area contributed by atoms with E-state index in [0.29, 0.717) is 29.8 Å². The molecule has 2 rings (SSSR count). The van der Waals surface area contributed by atoms with E-state index in [1.54, 1.807) is 31.4 Å². The molecule has 1 heterocycles. The smallest absolute Gasteiger partial charge is 0.298 e. The van der Waals surface area contributed by atoms with Crippen LogP contribution < -0.4 is 10.1 Å². The van der Waals surface area contributed by atoms with Crippen molar-refractivity contribution in [2.75, 3.05) is 19.0 Å². The van der Waals surface area contributed by atoms with Crippen LogP contribution >= 0.6 is 11.5 Å². The number of hydrogen-bond acceptors (Lipinski definition) is 6. The van der Waals surface area contributed by atoms with E-state index in [1.165, 1.54) is 11.5 Å². The fourth-order valence-corrected chi connectivity index (χ4v) is 2.16. The lowest BCUT2D eigenvalue weighted by molar-refractivity contribution is -0.118. The second kappa shape index (κ2) is 7.86. The van der Waals surface area contributed by atoms with E-state index in [2.05, 4.69) is 14.7 Å². The molecule has 0 aliphatic heterocycles. The first kappa shape index (κ1) is 16.4. The van der Waals surface area contributed by atoms with Crippen molar-refractivity contribution in [3.63, 3.8) is 0 Å². The number of rotatable bonds is 7. The summed E-state index contributed by atoms with van der Waals surface area (Å²) < 4.78 is 14.8. The van der Waals surface area contributed by atoms with E-state index in [-0.39, 0.29) is 11.8 Å². The number of hydrogen-bond donors (Lipinski definition) is 1. The topological polar surface area (TPSA) is 73.3 Å². The highest BCUT2D eigenvalue weighted by molar-refractivity contribution is 7.07. The Morgan fingerprint density at radius 3 is 2.68 bits per heavy atom. The number of methoxy groups -OCH3 is 1. The van der Waals surface area contributed by atoms with Crippen LogP contribution in [0.4, 0.5) is 5.69 Å². The molecule has 0 saturated heterocycles. The lowest BCUT2D eigenvalue weighted by Crippen LogP contribution is -2.17. The minimum Gasteiger partial charge on any atom is -0.430 e. The van der Waals surface area contributed by atoms with Crippen molar-refractivity contribution in [3.05, 3.63) is 30.1 Å². The molecule has 7 heteroatoms. The zero-order chi connectivity index (χ0) is 15.9. The quantitative estimate of drug-likeness (QED) is 0.848. The first-order valence-corrected chi connectivity index (χ1v) is 7.76. The van der Waals surface area contributed by atoms with Crippen LogP contribution in [-0.2, 0) is 16.0 Å². The average molecular weight is 321 g/mol. The van der Waals surface area contributed by atoms with Crippen molar-refractivity contribution in [2.24, 2.45) is 5.92 Å². The highest BCUT2D eigenvalue weighted by Gasteiger charge is 2.08. The predicted octanol–water partition coefficient (Wildman–Crippen LogP) is 3.11. The van der Waals surface area contributed by atoms with Gasteiger partial charge in [-0.1, -0.05) is 13.8 Å². The van der Waals surface area contributed by atoms with Gasteiger partial charge in [-0.25, -0.2) is 0 Å². The Labute approximate surface area is 133 Å². The summed E-state index contributed by atoms with van der Waals surface area (Å²) in [6.45, 7) is 4.29. The van der Waals surface area contributed by atoms with E-state index >= 15 is 0 Å². The van der Waals surface area contributed by atoms with Gasteiger partial charge in [0.1, 0.15) is 11.6 Å². The third-order valence-corrected chi connectivity index (χ3v) is 3.46. The van der Waals surface area contributed by atoms with E-state index in [9.17, 15) is 4.79 Å². The molecule has 1 amide bonds. The third-order valence-electron chi connectivity index (χ3n) is 2.83. The van der Waals surface area contributed by atoms with Crippen molar-refractivity contribution < 1.29 is 14.3 Å². The van der Waals surface area contributed by atoms with Gasteiger partial charge in [-0.15, -0.1) is 0 Å². The molecule has 0 radical (unpaired) electrons. The molecular weight excluding hydrogens is 302 g/mol. The van der Waals surface area contributed by atoms with Gasteiger partial charge in [0.2, 0.25) is 5.91 Å². The number of benzene rings is 1. The zero-order valence-electron chi connectivity index (χ0n) is 12.8. The lowest BCUT2D eigenvalue weighted by Gasteiger charge is -2.08. The van der Waals surface area contributed by atoms with Crippen molar-refractivity contribution in [2.45, 2.75) is 20.3 Å². The van der Waals surface area contributed by atoms with Crippen LogP contribution in [0.15, 0.2) is 24.3 Å². The predicted molar refractivity (Wildman–Crippen MR) is 85.5 cm³/mol. The third kappa shape index (κ3) is 4.78. The standard InChI is InChI=1S/C15H19N3O3S/c1-10(2)14(19)16-11-4-6-12(7-5-11)21-15-17-13(18-22-15)8-9-20-3/h4-7,10H,8-9H2,1-3H3,(H,16,19). The number of amides is 1. The van der Waals surface area contributed by atoms with Gasteiger partial charge in [0.25, 0.3) is 5.19 Å². The highest BCUT2D eigenvalue weighted by atomic mass is 32.1. The largest absolute Gasteiger partial charge is 0.430 e. The molecule has 1 N–H and O–H groups in total. The van der Waals surface area contributed by atoms with Gasteiger partial charge in [0.15, 0.2) is 0 Å². The second-order valence-corrected chi connectivity index (χ2v) is 5.70. The van der Waals surface area contributed by atoms with Crippen molar-refractivity contribution in [1.82, 2.24) is 9.36 Å². The molecule has 6 nitrogen and oxygen atoms in total. The SMILES string of the molecule is COCCc1nsc(Oc2ccc(NC(=O)C(C)C)cc2)n1. The fourth-order valence-electron chi connectivity index (χ4n) is 1.57. The zero-order valence-corrected chi connectivity index (χ0v) is 13.6. The van der Waals surface area contributed by atoms with Gasteiger partial charge in [0, 0.05) is 36.7 Å². The molecule has 2 aromatic rings. The number of nitrogens with zero attached hydrogens (tertiary/aromatic N) is 2. The van der Waals surface area contributed by atoms with Gasteiger partial charge < -0.3 is 14.8 Å². The first-order chi connectivity index (χ1) is 10.6. The van der Waals surface area contributed by atoms with Crippen LogP contribution in [0, 0.1) is 5.92 Å². The number of nitrogens with one attached hydrogen (secondary N) is 1. The number of carbonyl (C=O) groups is 1. The van der Waals surface area contributed by atoms with E-state index < -0.39 is 0 Å². The summed E-state index contributed by atoms with van der Waals surface area (Å²) >= 11 is 1.20. The van der Waals surface area contributed by atoms with Crippen LogP contribution in [0.25, 0.3) is 0 Å². The molecular formula is C15H19N3O3S. The maximum atomic E-state index is 11.6. The number of ether oxygens (including phenoxy) is 2. The Morgan fingerprint density at radius 2 is 2.05 bits per heavy atom. The van der Waals surface area contributed by atoms with Crippen LogP contribution in [0.1, 0.15) is 19.7 Å². The Balaban J connectivity index is 1.93. The van der Waals surface area contributed by atoms with Crippen molar-refractivity contribution >= 4 is 23.1 Å². The lowest BCUT2D eigenvalue weighted by atomic mass is 10.2. The number of carbonyl (C=O) groups excluding carboxylic acids is 1. The average Bonchev–Trinajstić information content (AvgIpc) is 2.94. The summed E-state index contributed by atoms with van der Waals surface area (Å²) in [6.07, 6.45) is 0.663. The normalized spacial score (nSPS) is 10.7. The summed E-state index contributed by atoms with van der Waals surface area (Å²) in [5.41, 5.74) is 0.740. The molecule has 118 valence electrons. The molecule has 1 aromatic heterocycles. The highest BCUT2D eigenvalue weighted by Crippen LogP contribution is 2.24. The van der Waals surface area contributed by atoms with E-state index in [4.69, 9.17) is 9.47 Å². The van der Waals surface area contributed by atoms with Crippen molar-refractivity contribution in [1.29, 1.82) is 0 Å². The molecule has 0 fully saturated rings. The summed E-state index contributed by atoms with van der Waals surface area (Å²) in [5, 5.41) is 3.32. The second-order valence-electron chi connectivity index (χ2n) is 4.99. The fraction of sp³-hybridized carbons (Fsp3) is 0.400. The molecule has 0 atom stereocenters. The van der Waals surface area contributed by atoms with Gasteiger partial charge in [-0.05, 0) is 24.3 Å². The molecule has 1 aromatic carbocycles. The van der Waals surface area contributed by atoms with Crippen LogP contribution in [-0.4, -0.2) is 29.0 Å². The summed E-state index contributed by atoms with van der Waals surface area (Å²) in [5.74, 6) is 1.29. The Bertz CT molecular complexity index is 611. The summed E-state index contributed by atoms with van der Waals surface area (Å²) in [6, 6.07) is 7.16. The number of aromatic nitrogens is 2. The maximum absolute atomic E-state index is 11.6. The molecule has 0 spiro atoms. The Morgan fingerprint density at radius 1 is 1.32 bits per heavy atom. The monoisotopic (exact) mass is 321 g/mol. The van der Waals surface area contributed by atoms with Crippen LogP contribution in [0.5, 0.6) is 10.9 Å². The molecule has 22 heavy (non-hydrogen) atoms.